The van der Waals surface area contributed by atoms with E-state index in [0.717, 1.165) is 6.42 Å². The van der Waals surface area contributed by atoms with Crippen LogP contribution in [0.15, 0.2) is 12.1 Å². The molecule has 1 aromatic carbocycles. The highest BCUT2D eigenvalue weighted by molar-refractivity contribution is 6.31. The summed E-state index contributed by atoms with van der Waals surface area (Å²) in [4.78, 5) is 4.17. The number of nitrogens with two attached hydrogens (primary N) is 1. The number of hydrogen-bond donors (Lipinski definition) is 1. The minimum atomic E-state index is -0.446. The highest BCUT2D eigenvalue weighted by Crippen LogP contribution is 2.28. The Balaban J connectivity index is 2.73. The van der Waals surface area contributed by atoms with Crippen LogP contribution in [-0.2, 0) is 0 Å². The zero-order valence-corrected chi connectivity index (χ0v) is 9.92. The van der Waals surface area contributed by atoms with Crippen molar-refractivity contribution in [2.24, 2.45) is 0 Å². The van der Waals surface area contributed by atoms with Crippen molar-refractivity contribution >= 4 is 28.6 Å². The molecule has 0 saturated heterocycles. The van der Waals surface area contributed by atoms with Gasteiger partial charge in [0.15, 0.2) is 0 Å². The first-order valence-electron chi connectivity index (χ1n) is 5.17. The summed E-state index contributed by atoms with van der Waals surface area (Å²) in [7, 11) is 0. The van der Waals surface area contributed by atoms with Crippen molar-refractivity contribution < 1.29 is 4.39 Å². The first-order valence-corrected chi connectivity index (χ1v) is 5.54. The molecule has 0 saturated carbocycles. The molecule has 0 spiro atoms. The number of hydrogen-bond acceptors (Lipinski definition) is 2. The van der Waals surface area contributed by atoms with Gasteiger partial charge in [-0.15, -0.1) is 0 Å². The van der Waals surface area contributed by atoms with Crippen molar-refractivity contribution in [1.82, 2.24) is 9.55 Å². The fourth-order valence-corrected chi connectivity index (χ4v) is 1.91. The van der Waals surface area contributed by atoms with E-state index < -0.39 is 5.82 Å². The van der Waals surface area contributed by atoms with Gasteiger partial charge in [-0.25, -0.2) is 9.37 Å². The summed E-state index contributed by atoms with van der Waals surface area (Å²) in [6.45, 7) is 4.06. The summed E-state index contributed by atoms with van der Waals surface area (Å²) in [6.07, 6.45) is 0.903. The second-order valence-electron chi connectivity index (χ2n) is 3.85. The first kappa shape index (κ1) is 11.2. The van der Waals surface area contributed by atoms with E-state index in [1.165, 1.54) is 12.1 Å². The number of rotatable bonds is 2. The van der Waals surface area contributed by atoms with E-state index >= 15 is 0 Å². The molecule has 0 aliphatic rings. The first-order chi connectivity index (χ1) is 7.54. The molecule has 5 heteroatoms. The van der Waals surface area contributed by atoms with Crippen LogP contribution >= 0.6 is 11.6 Å². The van der Waals surface area contributed by atoms with E-state index in [2.05, 4.69) is 4.98 Å². The average Bonchev–Trinajstić information content (AvgIpc) is 2.54. The summed E-state index contributed by atoms with van der Waals surface area (Å²) in [5.41, 5.74) is 7.13. The lowest BCUT2D eigenvalue weighted by atomic mass is 10.2. The van der Waals surface area contributed by atoms with Crippen molar-refractivity contribution in [2.75, 3.05) is 5.73 Å². The van der Waals surface area contributed by atoms with Crippen molar-refractivity contribution in [1.29, 1.82) is 0 Å². The SMILES string of the molecule is CCC(C)n1c(N)nc2cc(Cl)c(F)cc21. The molecule has 2 N–H and O–H groups in total. The summed E-state index contributed by atoms with van der Waals surface area (Å²) >= 11 is 5.70. The zero-order valence-electron chi connectivity index (χ0n) is 9.17. The quantitative estimate of drug-likeness (QED) is 0.876. The molecule has 1 atom stereocenters. The van der Waals surface area contributed by atoms with Crippen LogP contribution in [0, 0.1) is 5.82 Å². The van der Waals surface area contributed by atoms with Gasteiger partial charge in [0.25, 0.3) is 0 Å². The molecule has 0 aliphatic heterocycles. The van der Waals surface area contributed by atoms with Gasteiger partial charge in [-0.3, -0.25) is 0 Å². The topological polar surface area (TPSA) is 43.8 Å². The molecule has 1 unspecified atom stereocenters. The highest BCUT2D eigenvalue weighted by atomic mass is 35.5. The van der Waals surface area contributed by atoms with Gasteiger partial charge in [-0.1, -0.05) is 18.5 Å². The lowest BCUT2D eigenvalue weighted by Gasteiger charge is -2.13. The molecule has 0 radical (unpaired) electrons. The van der Waals surface area contributed by atoms with Crippen LogP contribution in [-0.4, -0.2) is 9.55 Å². The van der Waals surface area contributed by atoms with Gasteiger partial charge in [-0.05, 0) is 19.4 Å². The van der Waals surface area contributed by atoms with Gasteiger partial charge in [0.1, 0.15) is 5.82 Å². The number of aromatic nitrogens is 2. The number of nitrogen functional groups attached to an aromatic ring is 1. The zero-order chi connectivity index (χ0) is 11.9. The van der Waals surface area contributed by atoms with E-state index in [0.29, 0.717) is 17.0 Å². The van der Waals surface area contributed by atoms with Crippen molar-refractivity contribution in [3.05, 3.63) is 23.0 Å². The van der Waals surface area contributed by atoms with Gasteiger partial charge in [-0.2, -0.15) is 0 Å². The molecule has 3 nitrogen and oxygen atoms in total. The molecule has 16 heavy (non-hydrogen) atoms. The second kappa shape index (κ2) is 3.94. The Morgan fingerprint density at radius 1 is 1.56 bits per heavy atom. The Hall–Kier alpha value is -1.29. The Morgan fingerprint density at radius 3 is 2.88 bits per heavy atom. The normalized spacial score (nSPS) is 13.2. The molecule has 0 aliphatic carbocycles. The maximum Gasteiger partial charge on any atom is 0.201 e. The van der Waals surface area contributed by atoms with Crippen LogP contribution in [0.3, 0.4) is 0 Å². The summed E-state index contributed by atoms with van der Waals surface area (Å²) < 4.78 is 15.2. The predicted molar refractivity (Wildman–Crippen MR) is 64.1 cm³/mol. The molecule has 2 rings (SSSR count). The molecule has 1 heterocycles. The lowest BCUT2D eigenvalue weighted by molar-refractivity contribution is 0.550. The fraction of sp³-hybridized carbons (Fsp3) is 0.364. The van der Waals surface area contributed by atoms with E-state index in [1.54, 1.807) is 0 Å². The molecule has 0 fully saturated rings. The Kier molecular flexibility index (Phi) is 2.76. The van der Waals surface area contributed by atoms with Crippen LogP contribution in [0.2, 0.25) is 5.02 Å². The number of imidazole rings is 1. The Labute approximate surface area is 98.0 Å². The third-order valence-electron chi connectivity index (χ3n) is 2.79. The predicted octanol–water partition coefficient (Wildman–Crippen LogP) is 3.38. The molecule has 0 amide bonds. The molecule has 0 bridgehead atoms. The maximum atomic E-state index is 13.4. The van der Waals surface area contributed by atoms with Gasteiger partial charge >= 0.3 is 0 Å². The summed E-state index contributed by atoms with van der Waals surface area (Å²) in [5.74, 6) is -0.0513. The minimum Gasteiger partial charge on any atom is -0.369 e. The van der Waals surface area contributed by atoms with Gasteiger partial charge in [0.2, 0.25) is 5.95 Å². The molecule has 86 valence electrons. The van der Waals surface area contributed by atoms with Crippen LogP contribution in [0.4, 0.5) is 10.3 Å². The van der Waals surface area contributed by atoms with Crippen LogP contribution < -0.4 is 5.73 Å². The van der Waals surface area contributed by atoms with E-state index in [-0.39, 0.29) is 11.1 Å². The molecular formula is C11H13ClFN3. The standard InChI is InChI=1S/C11H13ClFN3/c1-3-6(2)16-10-5-8(13)7(12)4-9(10)15-11(16)14/h4-6H,3H2,1-2H3,(H2,14,15). The third-order valence-corrected chi connectivity index (χ3v) is 3.08. The molecule has 1 aromatic heterocycles. The van der Waals surface area contributed by atoms with E-state index in [9.17, 15) is 4.39 Å². The van der Waals surface area contributed by atoms with E-state index in [4.69, 9.17) is 17.3 Å². The number of nitrogens with zero attached hydrogens (tertiary/aromatic N) is 2. The van der Waals surface area contributed by atoms with Gasteiger partial charge in [0, 0.05) is 12.1 Å². The van der Waals surface area contributed by atoms with Crippen molar-refractivity contribution in [3.8, 4) is 0 Å². The van der Waals surface area contributed by atoms with Crippen LogP contribution in [0.5, 0.6) is 0 Å². The monoisotopic (exact) mass is 241 g/mol. The molecular weight excluding hydrogens is 229 g/mol. The third kappa shape index (κ3) is 1.63. The van der Waals surface area contributed by atoms with E-state index in [1.807, 2.05) is 18.4 Å². The van der Waals surface area contributed by atoms with Gasteiger partial charge < -0.3 is 10.3 Å². The van der Waals surface area contributed by atoms with Crippen LogP contribution in [0.25, 0.3) is 11.0 Å². The second-order valence-corrected chi connectivity index (χ2v) is 4.26. The van der Waals surface area contributed by atoms with Crippen molar-refractivity contribution in [2.45, 2.75) is 26.3 Å². The van der Waals surface area contributed by atoms with Crippen LogP contribution in [0.1, 0.15) is 26.3 Å². The molecule has 2 aromatic rings. The maximum absolute atomic E-state index is 13.4. The Morgan fingerprint density at radius 2 is 2.25 bits per heavy atom. The Bertz CT molecular complexity index is 535. The minimum absolute atomic E-state index is 0.0706. The largest absolute Gasteiger partial charge is 0.369 e. The number of halogens is 2. The highest BCUT2D eigenvalue weighted by Gasteiger charge is 2.14. The average molecular weight is 242 g/mol. The number of benzene rings is 1. The summed E-state index contributed by atoms with van der Waals surface area (Å²) in [5, 5.41) is 0.0706. The summed E-state index contributed by atoms with van der Waals surface area (Å²) in [6, 6.07) is 3.07. The smallest absolute Gasteiger partial charge is 0.201 e. The number of anilines is 1. The van der Waals surface area contributed by atoms with Crippen molar-refractivity contribution in [3.63, 3.8) is 0 Å². The lowest BCUT2D eigenvalue weighted by Crippen LogP contribution is -2.07. The number of fused-ring (bicyclic) bond motifs is 1. The van der Waals surface area contributed by atoms with Gasteiger partial charge in [0.05, 0.1) is 16.1 Å². The fourth-order valence-electron chi connectivity index (χ4n) is 1.75.